The fraction of sp³-hybridized carbons (Fsp3) is 0.875. The van der Waals surface area contributed by atoms with E-state index in [9.17, 15) is 4.79 Å². The summed E-state index contributed by atoms with van der Waals surface area (Å²) in [5, 5.41) is 8.65. The molecule has 1 aliphatic carbocycles. The Hall–Kier alpha value is -0.530. The maximum atomic E-state index is 10.5. The van der Waals surface area contributed by atoms with Gasteiger partial charge in [-0.3, -0.25) is 4.79 Å². The smallest absolute Gasteiger partial charge is 0.306 e. The number of carboxylic acid groups (broad SMARTS) is 1. The molecule has 1 N–H and O–H groups in total. The Bertz CT molecular complexity index is 132. The minimum Gasteiger partial charge on any atom is -0.481 e. The van der Waals surface area contributed by atoms with Crippen molar-refractivity contribution in [3.8, 4) is 0 Å². The fourth-order valence-electron chi connectivity index (χ4n) is 1.66. The van der Waals surface area contributed by atoms with E-state index in [2.05, 4.69) is 13.8 Å². The molecule has 2 atom stereocenters. The molecule has 1 fully saturated rings. The van der Waals surface area contributed by atoms with Crippen LogP contribution in [0, 0.1) is 17.8 Å². The van der Waals surface area contributed by atoms with Crippen LogP contribution in [-0.4, -0.2) is 11.1 Å². The van der Waals surface area contributed by atoms with Gasteiger partial charge in [0.25, 0.3) is 0 Å². The average Bonchev–Trinajstić information content (AvgIpc) is 2.13. The average molecular weight is 142 g/mol. The molecule has 0 aromatic rings. The Morgan fingerprint density at radius 2 is 1.70 bits per heavy atom. The first-order chi connectivity index (χ1) is 4.61. The maximum absolute atomic E-state index is 10.5. The molecule has 0 aromatic heterocycles. The highest BCUT2D eigenvalue weighted by atomic mass is 16.4. The number of aliphatic carboxylic acids is 1. The quantitative estimate of drug-likeness (QED) is 0.605. The molecule has 0 radical (unpaired) electrons. The number of carboxylic acids is 1. The van der Waals surface area contributed by atoms with E-state index < -0.39 is 5.97 Å². The van der Waals surface area contributed by atoms with E-state index in [1.54, 1.807) is 0 Å². The Labute approximate surface area is 61.2 Å². The molecule has 0 aromatic carbocycles. The second kappa shape index (κ2) is 2.60. The van der Waals surface area contributed by atoms with Crippen molar-refractivity contribution in [3.63, 3.8) is 0 Å². The SMILES string of the molecule is CC1CC(C(=O)O)CC1C. The van der Waals surface area contributed by atoms with E-state index in [4.69, 9.17) is 5.11 Å². The van der Waals surface area contributed by atoms with Crippen LogP contribution in [0.1, 0.15) is 26.7 Å². The Morgan fingerprint density at radius 3 is 1.90 bits per heavy atom. The van der Waals surface area contributed by atoms with Gasteiger partial charge in [-0.1, -0.05) is 13.8 Å². The lowest BCUT2D eigenvalue weighted by molar-refractivity contribution is -0.141. The zero-order valence-electron chi connectivity index (χ0n) is 6.50. The first-order valence-corrected chi connectivity index (χ1v) is 3.84. The summed E-state index contributed by atoms with van der Waals surface area (Å²) in [6.45, 7) is 4.27. The molecule has 2 unspecified atom stereocenters. The molecule has 10 heavy (non-hydrogen) atoms. The van der Waals surface area contributed by atoms with Gasteiger partial charge in [-0.05, 0) is 24.7 Å². The molecule has 1 saturated carbocycles. The Morgan fingerprint density at radius 1 is 1.30 bits per heavy atom. The first kappa shape index (κ1) is 7.58. The highest BCUT2D eigenvalue weighted by Crippen LogP contribution is 2.35. The van der Waals surface area contributed by atoms with Crippen LogP contribution in [0.2, 0.25) is 0 Å². The summed E-state index contributed by atoms with van der Waals surface area (Å²) in [4.78, 5) is 10.5. The molecular formula is C8H14O2. The molecule has 2 nitrogen and oxygen atoms in total. The van der Waals surface area contributed by atoms with Crippen molar-refractivity contribution in [3.05, 3.63) is 0 Å². The molecule has 0 spiro atoms. The van der Waals surface area contributed by atoms with E-state index >= 15 is 0 Å². The van der Waals surface area contributed by atoms with E-state index in [0.29, 0.717) is 11.8 Å². The maximum Gasteiger partial charge on any atom is 0.306 e. The predicted molar refractivity (Wildman–Crippen MR) is 38.7 cm³/mol. The number of rotatable bonds is 1. The van der Waals surface area contributed by atoms with Gasteiger partial charge in [-0.2, -0.15) is 0 Å². The lowest BCUT2D eigenvalue weighted by Crippen LogP contribution is -2.09. The minimum atomic E-state index is -0.615. The molecule has 1 aliphatic rings. The van der Waals surface area contributed by atoms with E-state index in [1.807, 2.05) is 0 Å². The lowest BCUT2D eigenvalue weighted by atomic mass is 10.0. The van der Waals surface area contributed by atoms with E-state index in [-0.39, 0.29) is 5.92 Å². The number of hydrogen-bond acceptors (Lipinski definition) is 1. The highest BCUT2D eigenvalue weighted by Gasteiger charge is 2.32. The first-order valence-electron chi connectivity index (χ1n) is 3.84. The van der Waals surface area contributed by atoms with E-state index in [1.165, 1.54) is 0 Å². The van der Waals surface area contributed by atoms with Crippen molar-refractivity contribution in [1.82, 2.24) is 0 Å². The van der Waals surface area contributed by atoms with Gasteiger partial charge in [0.05, 0.1) is 5.92 Å². The van der Waals surface area contributed by atoms with Gasteiger partial charge in [-0.25, -0.2) is 0 Å². The second-order valence-electron chi connectivity index (χ2n) is 3.46. The Balaban J connectivity index is 2.49. The third-order valence-corrected chi connectivity index (χ3v) is 2.63. The largest absolute Gasteiger partial charge is 0.481 e. The Kier molecular flexibility index (Phi) is 1.97. The van der Waals surface area contributed by atoms with Crippen molar-refractivity contribution in [2.24, 2.45) is 17.8 Å². The van der Waals surface area contributed by atoms with E-state index in [0.717, 1.165) is 12.8 Å². The van der Waals surface area contributed by atoms with Crippen molar-refractivity contribution < 1.29 is 9.90 Å². The molecule has 0 amide bonds. The molecule has 0 aliphatic heterocycles. The van der Waals surface area contributed by atoms with Crippen LogP contribution in [0.3, 0.4) is 0 Å². The van der Waals surface area contributed by atoms with Gasteiger partial charge < -0.3 is 5.11 Å². The molecule has 2 heteroatoms. The van der Waals surface area contributed by atoms with Gasteiger partial charge in [0.15, 0.2) is 0 Å². The van der Waals surface area contributed by atoms with Crippen LogP contribution >= 0.6 is 0 Å². The summed E-state index contributed by atoms with van der Waals surface area (Å²) < 4.78 is 0. The molecule has 58 valence electrons. The molecule has 0 heterocycles. The van der Waals surface area contributed by atoms with Crippen molar-refractivity contribution in [2.75, 3.05) is 0 Å². The van der Waals surface area contributed by atoms with Crippen molar-refractivity contribution in [2.45, 2.75) is 26.7 Å². The van der Waals surface area contributed by atoms with Crippen LogP contribution in [0.15, 0.2) is 0 Å². The summed E-state index contributed by atoms with van der Waals surface area (Å²) >= 11 is 0. The highest BCUT2D eigenvalue weighted by molar-refractivity contribution is 5.70. The minimum absolute atomic E-state index is 0.0648. The number of carbonyl (C=O) groups is 1. The topological polar surface area (TPSA) is 37.3 Å². The molecule has 0 bridgehead atoms. The zero-order valence-corrected chi connectivity index (χ0v) is 6.50. The zero-order chi connectivity index (χ0) is 7.72. The van der Waals surface area contributed by atoms with Gasteiger partial charge in [0.2, 0.25) is 0 Å². The summed E-state index contributed by atoms with van der Waals surface area (Å²) in [6.07, 6.45) is 1.74. The monoisotopic (exact) mass is 142 g/mol. The summed E-state index contributed by atoms with van der Waals surface area (Å²) in [6, 6.07) is 0. The fourth-order valence-corrected chi connectivity index (χ4v) is 1.66. The third kappa shape index (κ3) is 1.31. The summed E-state index contributed by atoms with van der Waals surface area (Å²) in [5.74, 6) is 0.517. The van der Waals surface area contributed by atoms with Gasteiger partial charge in [-0.15, -0.1) is 0 Å². The standard InChI is InChI=1S/C8H14O2/c1-5-3-7(8(9)10)4-6(5)2/h5-7H,3-4H2,1-2H3,(H,9,10). The second-order valence-corrected chi connectivity index (χ2v) is 3.46. The van der Waals surface area contributed by atoms with Crippen LogP contribution in [0.5, 0.6) is 0 Å². The normalized spacial score (nSPS) is 40.0. The molecule has 1 rings (SSSR count). The van der Waals surface area contributed by atoms with Crippen LogP contribution in [-0.2, 0) is 4.79 Å². The summed E-state index contributed by atoms with van der Waals surface area (Å²) in [5.41, 5.74) is 0. The predicted octanol–water partition coefficient (Wildman–Crippen LogP) is 1.75. The van der Waals surface area contributed by atoms with Crippen molar-refractivity contribution in [1.29, 1.82) is 0 Å². The van der Waals surface area contributed by atoms with Gasteiger partial charge in [0, 0.05) is 0 Å². The van der Waals surface area contributed by atoms with Crippen molar-refractivity contribution >= 4 is 5.97 Å². The lowest BCUT2D eigenvalue weighted by Gasteiger charge is -2.04. The number of hydrogen-bond donors (Lipinski definition) is 1. The van der Waals surface area contributed by atoms with Crippen LogP contribution in [0.4, 0.5) is 0 Å². The van der Waals surface area contributed by atoms with Crippen LogP contribution in [0.25, 0.3) is 0 Å². The van der Waals surface area contributed by atoms with Gasteiger partial charge >= 0.3 is 5.97 Å². The molecular weight excluding hydrogens is 128 g/mol. The summed E-state index contributed by atoms with van der Waals surface area (Å²) in [7, 11) is 0. The van der Waals surface area contributed by atoms with Crippen LogP contribution < -0.4 is 0 Å². The van der Waals surface area contributed by atoms with Gasteiger partial charge in [0.1, 0.15) is 0 Å². The third-order valence-electron chi connectivity index (χ3n) is 2.63. The molecule has 0 saturated heterocycles.